The molecule has 0 atom stereocenters. The second-order valence-corrected chi connectivity index (χ2v) is 4.85. The maximum absolute atomic E-state index is 11.7. The Morgan fingerprint density at radius 3 is 2.84 bits per heavy atom. The van der Waals surface area contributed by atoms with E-state index in [1.54, 1.807) is 13.0 Å². The average Bonchev–Trinajstić information content (AvgIpc) is 2.39. The summed E-state index contributed by atoms with van der Waals surface area (Å²) in [6, 6.07) is 3.14. The van der Waals surface area contributed by atoms with E-state index < -0.39 is 5.97 Å². The summed E-state index contributed by atoms with van der Waals surface area (Å²) in [7, 11) is 0. The molecule has 1 aromatic rings. The van der Waals surface area contributed by atoms with Crippen LogP contribution in [-0.2, 0) is 4.74 Å². The molecule has 5 heteroatoms. The van der Waals surface area contributed by atoms with Crippen LogP contribution in [0.3, 0.4) is 0 Å². The Bertz CT molecular complexity index is 525. The minimum atomic E-state index is -0.498. The summed E-state index contributed by atoms with van der Waals surface area (Å²) in [5.41, 5.74) is 1.52. The summed E-state index contributed by atoms with van der Waals surface area (Å²) in [4.78, 5) is 15.9. The number of rotatable bonds is 3. The van der Waals surface area contributed by atoms with Crippen molar-refractivity contribution < 1.29 is 14.6 Å². The Hall–Kier alpha value is -1.55. The summed E-state index contributed by atoms with van der Waals surface area (Å²) < 4.78 is 4.91. The van der Waals surface area contributed by atoms with Gasteiger partial charge < -0.3 is 9.84 Å². The van der Waals surface area contributed by atoms with Gasteiger partial charge in [0.15, 0.2) is 5.69 Å². The molecule has 0 saturated heterocycles. The van der Waals surface area contributed by atoms with Gasteiger partial charge in [0.25, 0.3) is 0 Å². The quantitative estimate of drug-likeness (QED) is 0.857. The number of aliphatic hydroxyl groups is 1. The van der Waals surface area contributed by atoms with Gasteiger partial charge in [-0.2, -0.15) is 0 Å². The average molecular weight is 282 g/mol. The maximum atomic E-state index is 11.7. The number of halogens is 1. The van der Waals surface area contributed by atoms with Gasteiger partial charge in [0.05, 0.1) is 18.1 Å². The number of nitrogens with zero attached hydrogens (tertiary/aromatic N) is 1. The zero-order valence-electron chi connectivity index (χ0n) is 10.8. The largest absolute Gasteiger partial charge is 0.512 e. The van der Waals surface area contributed by atoms with E-state index in [9.17, 15) is 9.90 Å². The second-order valence-electron chi connectivity index (χ2n) is 4.41. The standard InChI is InChI=1S/C14H16ClNO3/c1-2-19-14(18)12-8-9(15)7-11(16-12)10-5-3-4-6-13(10)17/h7-8,17H,2-6H2,1H3. The molecule has 1 N–H and O–H groups in total. The number of pyridine rings is 1. The fourth-order valence-corrected chi connectivity index (χ4v) is 2.33. The third kappa shape index (κ3) is 3.26. The van der Waals surface area contributed by atoms with Crippen molar-refractivity contribution in [2.24, 2.45) is 0 Å². The molecule has 0 amide bonds. The zero-order chi connectivity index (χ0) is 13.8. The van der Waals surface area contributed by atoms with Crippen molar-refractivity contribution >= 4 is 23.1 Å². The number of hydrogen-bond acceptors (Lipinski definition) is 4. The van der Waals surface area contributed by atoms with Crippen LogP contribution >= 0.6 is 11.6 Å². The number of carbonyl (C=O) groups excluding carboxylic acids is 1. The third-order valence-electron chi connectivity index (χ3n) is 3.02. The molecule has 0 fully saturated rings. The summed E-state index contributed by atoms with van der Waals surface area (Å²) in [5.74, 6) is -0.155. The van der Waals surface area contributed by atoms with Crippen molar-refractivity contribution in [3.63, 3.8) is 0 Å². The topological polar surface area (TPSA) is 59.4 Å². The van der Waals surface area contributed by atoms with Crippen LogP contribution in [0.25, 0.3) is 5.57 Å². The highest BCUT2D eigenvalue weighted by Crippen LogP contribution is 2.31. The Balaban J connectivity index is 2.39. The Morgan fingerprint density at radius 1 is 1.42 bits per heavy atom. The molecule has 0 bridgehead atoms. The van der Waals surface area contributed by atoms with Gasteiger partial charge in [-0.1, -0.05) is 11.6 Å². The fraction of sp³-hybridized carbons (Fsp3) is 0.429. The van der Waals surface area contributed by atoms with Crippen LogP contribution in [0.5, 0.6) is 0 Å². The van der Waals surface area contributed by atoms with E-state index in [1.807, 2.05) is 0 Å². The van der Waals surface area contributed by atoms with Gasteiger partial charge in [0.1, 0.15) is 0 Å². The highest BCUT2D eigenvalue weighted by molar-refractivity contribution is 6.31. The lowest BCUT2D eigenvalue weighted by Crippen LogP contribution is -2.09. The third-order valence-corrected chi connectivity index (χ3v) is 3.24. The van der Waals surface area contributed by atoms with E-state index in [0.29, 0.717) is 22.9 Å². The highest BCUT2D eigenvalue weighted by atomic mass is 35.5. The Kier molecular flexibility index (Phi) is 4.43. The number of aliphatic hydroxyl groups excluding tert-OH is 1. The predicted octanol–water partition coefficient (Wildman–Crippen LogP) is 3.75. The lowest BCUT2D eigenvalue weighted by molar-refractivity contribution is 0.0519. The van der Waals surface area contributed by atoms with Crippen molar-refractivity contribution in [3.8, 4) is 0 Å². The van der Waals surface area contributed by atoms with Crippen LogP contribution in [0, 0.1) is 0 Å². The first-order valence-corrected chi connectivity index (χ1v) is 6.75. The van der Waals surface area contributed by atoms with Crippen LogP contribution in [-0.4, -0.2) is 22.7 Å². The predicted molar refractivity (Wildman–Crippen MR) is 73.2 cm³/mol. The van der Waals surface area contributed by atoms with E-state index in [0.717, 1.165) is 24.8 Å². The van der Waals surface area contributed by atoms with Gasteiger partial charge in [-0.05, 0) is 38.3 Å². The van der Waals surface area contributed by atoms with E-state index >= 15 is 0 Å². The molecular formula is C14H16ClNO3. The van der Waals surface area contributed by atoms with Gasteiger partial charge in [0.2, 0.25) is 0 Å². The molecule has 1 aromatic heterocycles. The monoisotopic (exact) mass is 281 g/mol. The van der Waals surface area contributed by atoms with Gasteiger partial charge in [0, 0.05) is 17.0 Å². The Morgan fingerprint density at radius 2 is 2.16 bits per heavy atom. The molecule has 0 aromatic carbocycles. The maximum Gasteiger partial charge on any atom is 0.356 e. The van der Waals surface area contributed by atoms with Crippen molar-refractivity contribution in [3.05, 3.63) is 34.3 Å². The number of ether oxygens (including phenoxy) is 1. The zero-order valence-corrected chi connectivity index (χ0v) is 11.5. The molecule has 1 aliphatic rings. The van der Waals surface area contributed by atoms with Crippen molar-refractivity contribution in [2.75, 3.05) is 6.61 Å². The normalized spacial score (nSPS) is 15.5. The lowest BCUT2D eigenvalue weighted by atomic mass is 9.95. The van der Waals surface area contributed by atoms with Crippen LogP contribution in [0.2, 0.25) is 5.02 Å². The molecule has 0 aliphatic heterocycles. The van der Waals surface area contributed by atoms with Gasteiger partial charge in [-0.25, -0.2) is 9.78 Å². The van der Waals surface area contributed by atoms with Crippen molar-refractivity contribution in [1.29, 1.82) is 0 Å². The van der Waals surface area contributed by atoms with E-state index in [4.69, 9.17) is 16.3 Å². The SMILES string of the molecule is CCOC(=O)c1cc(Cl)cc(C2=C(O)CCCC2)n1. The molecule has 0 saturated carbocycles. The second kappa shape index (κ2) is 6.06. The number of esters is 1. The van der Waals surface area contributed by atoms with Gasteiger partial charge in [-0.3, -0.25) is 0 Å². The van der Waals surface area contributed by atoms with E-state index in [-0.39, 0.29) is 12.3 Å². The molecule has 0 unspecified atom stereocenters. The van der Waals surface area contributed by atoms with Crippen molar-refractivity contribution in [1.82, 2.24) is 4.98 Å². The number of allylic oxidation sites excluding steroid dienone is 2. The molecule has 19 heavy (non-hydrogen) atoms. The van der Waals surface area contributed by atoms with Gasteiger partial charge >= 0.3 is 5.97 Å². The molecule has 4 nitrogen and oxygen atoms in total. The minimum absolute atomic E-state index is 0.176. The molecular weight excluding hydrogens is 266 g/mol. The van der Waals surface area contributed by atoms with Crippen LogP contribution in [0.15, 0.2) is 17.9 Å². The summed E-state index contributed by atoms with van der Waals surface area (Å²) in [6.45, 7) is 2.02. The molecule has 0 radical (unpaired) electrons. The first kappa shape index (κ1) is 13.9. The number of hydrogen-bond donors (Lipinski definition) is 1. The molecule has 0 spiro atoms. The van der Waals surface area contributed by atoms with Crippen LogP contribution < -0.4 is 0 Å². The fourth-order valence-electron chi connectivity index (χ4n) is 2.13. The molecule has 1 aliphatic carbocycles. The van der Waals surface area contributed by atoms with Gasteiger partial charge in [-0.15, -0.1) is 0 Å². The van der Waals surface area contributed by atoms with Crippen LogP contribution in [0.1, 0.15) is 48.8 Å². The van der Waals surface area contributed by atoms with E-state index in [1.165, 1.54) is 6.07 Å². The van der Waals surface area contributed by atoms with Crippen molar-refractivity contribution in [2.45, 2.75) is 32.6 Å². The Labute approximate surface area is 117 Å². The first-order valence-electron chi connectivity index (χ1n) is 6.38. The molecule has 1 heterocycles. The lowest BCUT2D eigenvalue weighted by Gasteiger charge is -2.16. The summed E-state index contributed by atoms with van der Waals surface area (Å²) >= 11 is 6.01. The summed E-state index contributed by atoms with van der Waals surface area (Å²) in [5, 5.41) is 10.3. The van der Waals surface area contributed by atoms with Crippen LogP contribution in [0.4, 0.5) is 0 Å². The number of carbonyl (C=O) groups is 1. The summed E-state index contributed by atoms with van der Waals surface area (Å²) in [6.07, 6.45) is 3.38. The molecule has 102 valence electrons. The number of aromatic nitrogens is 1. The molecule has 2 rings (SSSR count). The first-order chi connectivity index (χ1) is 9.11. The minimum Gasteiger partial charge on any atom is -0.512 e. The highest BCUT2D eigenvalue weighted by Gasteiger charge is 2.18. The van der Waals surface area contributed by atoms with E-state index in [2.05, 4.69) is 4.98 Å². The smallest absolute Gasteiger partial charge is 0.356 e.